The number of fused-ring (bicyclic) bond motifs is 1. The van der Waals surface area contributed by atoms with Gasteiger partial charge in [-0.25, -0.2) is 8.42 Å². The summed E-state index contributed by atoms with van der Waals surface area (Å²) < 4.78 is 34.9. The predicted molar refractivity (Wildman–Crippen MR) is 149 cm³/mol. The van der Waals surface area contributed by atoms with Crippen molar-refractivity contribution in [2.24, 2.45) is 0 Å². The third kappa shape index (κ3) is 5.00. The molecule has 0 N–H and O–H groups in total. The van der Waals surface area contributed by atoms with Crippen molar-refractivity contribution in [3.05, 3.63) is 89.0 Å². The van der Waals surface area contributed by atoms with Crippen LogP contribution in [0, 0.1) is 20.8 Å². The highest BCUT2D eigenvalue weighted by Gasteiger charge is 2.50. The maximum Gasteiger partial charge on any atom is 0.243 e. The van der Waals surface area contributed by atoms with Gasteiger partial charge in [0.1, 0.15) is 0 Å². The topological polar surface area (TPSA) is 49.9 Å². The Morgan fingerprint density at radius 3 is 2.35 bits per heavy atom. The van der Waals surface area contributed by atoms with Crippen LogP contribution in [0.1, 0.15) is 41.0 Å². The lowest BCUT2D eigenvalue weighted by atomic mass is 9.74. The van der Waals surface area contributed by atoms with Crippen molar-refractivity contribution in [1.82, 2.24) is 9.21 Å². The van der Waals surface area contributed by atoms with E-state index in [1.807, 2.05) is 25.1 Å². The zero-order valence-electron chi connectivity index (χ0n) is 22.4. The normalized spacial score (nSPS) is 23.1. The molecule has 1 unspecified atom stereocenters. The van der Waals surface area contributed by atoms with Gasteiger partial charge in [-0.15, -0.1) is 0 Å². The zero-order chi connectivity index (χ0) is 26.2. The van der Waals surface area contributed by atoms with Gasteiger partial charge in [0.25, 0.3) is 0 Å². The summed E-state index contributed by atoms with van der Waals surface area (Å²) in [6.07, 6.45) is 1.85. The Kier molecular flexibility index (Phi) is 7.55. The average molecular weight is 519 g/mol. The van der Waals surface area contributed by atoms with Crippen LogP contribution in [0.3, 0.4) is 0 Å². The van der Waals surface area contributed by atoms with Gasteiger partial charge in [0.2, 0.25) is 10.0 Å². The Bertz CT molecular complexity index is 1350. The van der Waals surface area contributed by atoms with Crippen LogP contribution in [-0.4, -0.2) is 63.1 Å². The van der Waals surface area contributed by atoms with Gasteiger partial charge >= 0.3 is 0 Å². The van der Waals surface area contributed by atoms with Gasteiger partial charge in [-0.3, -0.25) is 4.90 Å². The van der Waals surface area contributed by atoms with Crippen LogP contribution in [0.4, 0.5) is 0 Å². The lowest BCUT2D eigenvalue weighted by Crippen LogP contribution is -2.68. The van der Waals surface area contributed by atoms with Crippen LogP contribution >= 0.6 is 0 Å². The molecule has 5 nitrogen and oxygen atoms in total. The molecule has 0 bridgehead atoms. The number of ether oxygens (including phenoxy) is 1. The minimum Gasteiger partial charge on any atom is -0.383 e. The van der Waals surface area contributed by atoms with E-state index in [4.69, 9.17) is 4.74 Å². The quantitative estimate of drug-likeness (QED) is 0.430. The van der Waals surface area contributed by atoms with Crippen LogP contribution < -0.4 is 0 Å². The Labute approximate surface area is 222 Å². The first-order valence-electron chi connectivity index (χ1n) is 13.3. The summed E-state index contributed by atoms with van der Waals surface area (Å²) >= 11 is 0. The molecular weight excluding hydrogens is 480 g/mol. The Balaban J connectivity index is 1.46. The van der Waals surface area contributed by atoms with Crippen molar-refractivity contribution in [2.75, 3.05) is 33.4 Å². The van der Waals surface area contributed by atoms with E-state index in [0.29, 0.717) is 24.6 Å². The van der Waals surface area contributed by atoms with E-state index in [-0.39, 0.29) is 18.0 Å². The third-order valence-electron chi connectivity index (χ3n) is 8.19. The lowest BCUT2D eigenvalue weighted by Gasteiger charge is -2.57. The third-order valence-corrected chi connectivity index (χ3v) is 10.2. The first-order chi connectivity index (χ1) is 17.8. The zero-order valence-corrected chi connectivity index (χ0v) is 23.2. The second-order valence-corrected chi connectivity index (χ2v) is 12.5. The van der Waals surface area contributed by atoms with E-state index in [1.165, 1.54) is 27.8 Å². The summed E-state index contributed by atoms with van der Waals surface area (Å²) in [7, 11) is -1.81. The molecule has 6 heteroatoms. The Morgan fingerprint density at radius 2 is 1.62 bits per heavy atom. The van der Waals surface area contributed by atoms with Gasteiger partial charge in [0.05, 0.1) is 11.5 Å². The summed E-state index contributed by atoms with van der Waals surface area (Å²) in [6.45, 7) is 8.84. The first-order valence-corrected chi connectivity index (χ1v) is 14.7. The number of nitrogens with zero attached hydrogens (tertiary/aromatic N) is 2. The predicted octanol–water partition coefficient (Wildman–Crippen LogP) is 5.55. The molecule has 3 aromatic carbocycles. The SMILES string of the molecule is COCC1[C@@H](c2ccc(-c3cc(C)ccc3C)cc2)[C@@H]2CN(S(=O)(=O)c3ccccc3C)CCCCN12. The molecule has 5 rings (SSSR count). The van der Waals surface area contributed by atoms with E-state index in [2.05, 4.69) is 61.2 Å². The van der Waals surface area contributed by atoms with Crippen LogP contribution in [0.15, 0.2) is 71.6 Å². The van der Waals surface area contributed by atoms with Crippen molar-refractivity contribution in [1.29, 1.82) is 0 Å². The van der Waals surface area contributed by atoms with E-state index in [9.17, 15) is 8.42 Å². The highest BCUT2D eigenvalue weighted by molar-refractivity contribution is 7.89. The molecule has 0 radical (unpaired) electrons. The maximum atomic E-state index is 13.7. The van der Waals surface area contributed by atoms with Gasteiger partial charge in [-0.05, 0) is 74.0 Å². The van der Waals surface area contributed by atoms with Gasteiger partial charge in [-0.1, -0.05) is 66.2 Å². The van der Waals surface area contributed by atoms with Crippen LogP contribution in [0.2, 0.25) is 0 Å². The Morgan fingerprint density at radius 1 is 0.892 bits per heavy atom. The van der Waals surface area contributed by atoms with Crippen LogP contribution in [0.5, 0.6) is 0 Å². The van der Waals surface area contributed by atoms with Gasteiger partial charge in [0.15, 0.2) is 0 Å². The number of methoxy groups -OCH3 is 1. The molecule has 37 heavy (non-hydrogen) atoms. The molecule has 3 atom stereocenters. The smallest absolute Gasteiger partial charge is 0.243 e. The minimum absolute atomic E-state index is 0.130. The molecule has 196 valence electrons. The summed E-state index contributed by atoms with van der Waals surface area (Å²) in [5, 5.41) is 0. The van der Waals surface area contributed by atoms with Crippen molar-refractivity contribution >= 4 is 10.0 Å². The maximum absolute atomic E-state index is 13.7. The second-order valence-electron chi connectivity index (χ2n) is 10.6. The fourth-order valence-corrected chi connectivity index (χ4v) is 7.92. The molecule has 2 aliphatic rings. The Hall–Kier alpha value is -2.51. The number of hydrogen-bond donors (Lipinski definition) is 0. The molecule has 2 fully saturated rings. The van der Waals surface area contributed by atoms with Crippen molar-refractivity contribution < 1.29 is 13.2 Å². The summed E-state index contributed by atoms with van der Waals surface area (Å²) in [6, 6.07) is 23.2. The van der Waals surface area contributed by atoms with E-state index >= 15 is 0 Å². The molecule has 0 aromatic heterocycles. The van der Waals surface area contributed by atoms with Gasteiger partial charge in [-0.2, -0.15) is 4.31 Å². The van der Waals surface area contributed by atoms with Gasteiger partial charge in [0, 0.05) is 38.2 Å². The molecule has 0 saturated carbocycles. The van der Waals surface area contributed by atoms with Crippen molar-refractivity contribution in [3.8, 4) is 11.1 Å². The van der Waals surface area contributed by atoms with E-state index < -0.39 is 10.0 Å². The fraction of sp³-hybridized carbons (Fsp3) is 0.419. The average Bonchev–Trinajstić information content (AvgIpc) is 2.87. The fourth-order valence-electron chi connectivity index (χ4n) is 6.20. The largest absolute Gasteiger partial charge is 0.383 e. The second kappa shape index (κ2) is 10.7. The van der Waals surface area contributed by atoms with Crippen molar-refractivity contribution in [2.45, 2.75) is 56.5 Å². The molecule has 0 spiro atoms. The number of benzene rings is 3. The summed E-state index contributed by atoms with van der Waals surface area (Å²) in [4.78, 5) is 2.90. The number of aryl methyl sites for hydroxylation is 3. The van der Waals surface area contributed by atoms with Crippen molar-refractivity contribution in [3.63, 3.8) is 0 Å². The molecule has 2 aliphatic heterocycles. The number of rotatable bonds is 6. The first kappa shape index (κ1) is 26.1. The summed E-state index contributed by atoms with van der Waals surface area (Å²) in [5.74, 6) is 0.222. The number of hydrogen-bond acceptors (Lipinski definition) is 4. The molecule has 0 aliphatic carbocycles. The number of sulfonamides is 1. The molecular formula is C31H38N2O3S. The highest BCUT2D eigenvalue weighted by Crippen LogP contribution is 2.43. The summed E-state index contributed by atoms with van der Waals surface area (Å²) in [5.41, 5.74) is 7.05. The molecule has 0 amide bonds. The lowest BCUT2D eigenvalue weighted by molar-refractivity contribution is -0.0635. The molecule has 3 aromatic rings. The van der Waals surface area contributed by atoms with E-state index in [1.54, 1.807) is 17.5 Å². The van der Waals surface area contributed by atoms with Gasteiger partial charge < -0.3 is 4.74 Å². The highest BCUT2D eigenvalue weighted by atomic mass is 32.2. The van der Waals surface area contributed by atoms with E-state index in [0.717, 1.165) is 24.9 Å². The minimum atomic E-state index is -3.57. The standard InChI is InChI=1S/C31H38N2O3S/c1-22-11-12-23(2)27(19-22)25-13-15-26(16-14-25)31-28-20-32(17-7-8-18-33(28)29(31)21-36-4)37(34,35)30-10-6-5-9-24(30)3/h5-6,9-16,19,28-29,31H,7-8,17-18,20-21H2,1-4H3/t28-,29?,31-/m0/s1. The van der Waals surface area contributed by atoms with Crippen LogP contribution in [-0.2, 0) is 14.8 Å². The molecule has 2 saturated heterocycles. The van der Waals surface area contributed by atoms with Crippen LogP contribution in [0.25, 0.3) is 11.1 Å². The molecule has 2 heterocycles. The monoisotopic (exact) mass is 518 g/mol.